The number of benzene rings is 1. The molecule has 0 radical (unpaired) electrons. The number of carbonyl (C=O) groups is 3. The Morgan fingerprint density at radius 1 is 1.07 bits per heavy atom. The van der Waals surface area contributed by atoms with Gasteiger partial charge in [-0.25, -0.2) is 0 Å². The molecular weight excluding hydrogens is 356 g/mol. The van der Waals surface area contributed by atoms with Crippen LogP contribution in [0, 0.1) is 13.8 Å². The number of hydrogen-bond acceptors (Lipinski definition) is 4. The quantitative estimate of drug-likeness (QED) is 0.613. The van der Waals surface area contributed by atoms with E-state index in [1.807, 2.05) is 37.6 Å². The average molecular weight is 384 g/mol. The first-order valence-electron chi connectivity index (χ1n) is 9.21. The zero-order valence-corrected chi connectivity index (χ0v) is 17.4. The van der Waals surface area contributed by atoms with E-state index < -0.39 is 5.97 Å². The number of ketones is 1. The molecule has 0 fully saturated rings. The van der Waals surface area contributed by atoms with Crippen LogP contribution >= 0.6 is 0 Å². The van der Waals surface area contributed by atoms with Gasteiger partial charge in [0.05, 0.1) is 0 Å². The SMILES string of the molecule is Cc1cc(C(=O)COC(=O)CNC(=O)c2ccc(C(C)(C)C)cc2)c(C)n1C. The van der Waals surface area contributed by atoms with Crippen molar-refractivity contribution in [1.82, 2.24) is 9.88 Å². The highest BCUT2D eigenvalue weighted by molar-refractivity contribution is 6.00. The number of rotatable bonds is 6. The van der Waals surface area contributed by atoms with Crippen LogP contribution in [0.1, 0.15) is 58.4 Å². The predicted octanol–water partition coefficient (Wildman–Crippen LogP) is 3.10. The molecule has 0 saturated carbocycles. The Hall–Kier alpha value is -2.89. The molecule has 0 atom stereocenters. The van der Waals surface area contributed by atoms with Crippen LogP contribution in [0.15, 0.2) is 30.3 Å². The summed E-state index contributed by atoms with van der Waals surface area (Å²) in [6, 6.07) is 9.03. The van der Waals surface area contributed by atoms with Gasteiger partial charge in [-0.15, -0.1) is 0 Å². The first-order valence-corrected chi connectivity index (χ1v) is 9.21. The minimum absolute atomic E-state index is 0.000989. The molecule has 1 aromatic heterocycles. The van der Waals surface area contributed by atoms with Crippen LogP contribution in [0.4, 0.5) is 0 Å². The van der Waals surface area contributed by atoms with Crippen molar-refractivity contribution in [3.63, 3.8) is 0 Å². The fourth-order valence-corrected chi connectivity index (χ4v) is 2.79. The van der Waals surface area contributed by atoms with Crippen molar-refractivity contribution in [1.29, 1.82) is 0 Å². The van der Waals surface area contributed by atoms with Crippen LogP contribution in [0.25, 0.3) is 0 Å². The fraction of sp³-hybridized carbons (Fsp3) is 0.409. The first kappa shape index (κ1) is 21.4. The number of aryl methyl sites for hydroxylation is 1. The summed E-state index contributed by atoms with van der Waals surface area (Å²) >= 11 is 0. The summed E-state index contributed by atoms with van der Waals surface area (Å²) in [5.41, 5.74) is 3.90. The van der Waals surface area contributed by atoms with Crippen molar-refractivity contribution in [3.05, 3.63) is 58.4 Å². The van der Waals surface area contributed by atoms with E-state index in [0.29, 0.717) is 11.1 Å². The summed E-state index contributed by atoms with van der Waals surface area (Å²) in [5, 5.41) is 2.52. The third kappa shape index (κ3) is 5.09. The fourth-order valence-electron chi connectivity index (χ4n) is 2.79. The maximum Gasteiger partial charge on any atom is 0.325 e. The third-order valence-electron chi connectivity index (χ3n) is 4.85. The molecule has 1 heterocycles. The lowest BCUT2D eigenvalue weighted by molar-refractivity contribution is -0.141. The van der Waals surface area contributed by atoms with E-state index in [1.54, 1.807) is 18.2 Å². The van der Waals surface area contributed by atoms with Gasteiger partial charge in [0.1, 0.15) is 6.54 Å². The van der Waals surface area contributed by atoms with Crippen molar-refractivity contribution in [2.45, 2.75) is 40.0 Å². The van der Waals surface area contributed by atoms with Crippen LogP contribution in [-0.2, 0) is 22.0 Å². The molecule has 150 valence electrons. The highest BCUT2D eigenvalue weighted by Gasteiger charge is 2.17. The van der Waals surface area contributed by atoms with Crippen molar-refractivity contribution in [3.8, 4) is 0 Å². The molecule has 1 amide bonds. The lowest BCUT2D eigenvalue weighted by atomic mass is 9.87. The number of nitrogens with one attached hydrogen (secondary N) is 1. The summed E-state index contributed by atoms with van der Waals surface area (Å²) in [5.74, 6) is -1.28. The number of esters is 1. The van der Waals surface area contributed by atoms with Crippen molar-refractivity contribution >= 4 is 17.7 Å². The van der Waals surface area contributed by atoms with Gasteiger partial charge in [0, 0.05) is 29.6 Å². The minimum atomic E-state index is -0.654. The Bertz CT molecular complexity index is 886. The Morgan fingerprint density at radius 2 is 1.68 bits per heavy atom. The highest BCUT2D eigenvalue weighted by atomic mass is 16.5. The van der Waals surface area contributed by atoms with Gasteiger partial charge in [0.2, 0.25) is 5.78 Å². The van der Waals surface area contributed by atoms with Crippen LogP contribution < -0.4 is 5.32 Å². The average Bonchev–Trinajstić information content (AvgIpc) is 2.91. The van der Waals surface area contributed by atoms with E-state index in [2.05, 4.69) is 26.1 Å². The van der Waals surface area contributed by atoms with E-state index in [-0.39, 0.29) is 30.3 Å². The number of amides is 1. The Labute approximate surface area is 165 Å². The van der Waals surface area contributed by atoms with E-state index in [1.165, 1.54) is 0 Å². The van der Waals surface area contributed by atoms with Gasteiger partial charge >= 0.3 is 5.97 Å². The smallest absolute Gasteiger partial charge is 0.325 e. The van der Waals surface area contributed by atoms with E-state index >= 15 is 0 Å². The van der Waals surface area contributed by atoms with Gasteiger partial charge in [-0.1, -0.05) is 32.9 Å². The number of aromatic nitrogens is 1. The van der Waals surface area contributed by atoms with Gasteiger partial charge in [-0.05, 0) is 43.0 Å². The molecule has 2 aromatic rings. The Balaban J connectivity index is 1.84. The van der Waals surface area contributed by atoms with Crippen LogP contribution in [-0.4, -0.2) is 35.4 Å². The lowest BCUT2D eigenvalue weighted by Crippen LogP contribution is -2.31. The summed E-state index contributed by atoms with van der Waals surface area (Å²) in [4.78, 5) is 36.3. The second-order valence-corrected chi connectivity index (χ2v) is 7.94. The molecule has 0 saturated heterocycles. The number of ether oxygens (including phenoxy) is 1. The van der Waals surface area contributed by atoms with Gasteiger partial charge in [-0.2, -0.15) is 0 Å². The molecule has 2 rings (SSSR count). The normalized spacial score (nSPS) is 11.2. The molecule has 28 heavy (non-hydrogen) atoms. The summed E-state index contributed by atoms with van der Waals surface area (Å²) in [7, 11) is 1.87. The largest absolute Gasteiger partial charge is 0.456 e. The molecule has 1 aromatic carbocycles. The number of carbonyl (C=O) groups excluding carboxylic acids is 3. The molecule has 0 unspecified atom stereocenters. The Kier molecular flexibility index (Phi) is 6.44. The molecular formula is C22H28N2O4. The number of hydrogen-bond donors (Lipinski definition) is 1. The second-order valence-electron chi connectivity index (χ2n) is 7.94. The zero-order valence-electron chi connectivity index (χ0n) is 17.4. The Morgan fingerprint density at radius 3 is 2.18 bits per heavy atom. The molecule has 6 nitrogen and oxygen atoms in total. The van der Waals surface area contributed by atoms with Crippen LogP contribution in [0.2, 0.25) is 0 Å². The number of Topliss-reactive ketones (excluding diaryl/α,β-unsaturated/α-hetero) is 1. The van der Waals surface area contributed by atoms with Gasteiger partial charge in [0.25, 0.3) is 5.91 Å². The lowest BCUT2D eigenvalue weighted by Gasteiger charge is -2.19. The van der Waals surface area contributed by atoms with Gasteiger partial charge in [0.15, 0.2) is 6.61 Å². The standard InChI is InChI=1S/C22H28N2O4/c1-14-11-18(15(2)24(14)6)19(25)13-28-20(26)12-23-21(27)16-7-9-17(10-8-16)22(3,4)5/h7-11H,12-13H2,1-6H3,(H,23,27). The molecule has 1 N–H and O–H groups in total. The minimum Gasteiger partial charge on any atom is -0.456 e. The predicted molar refractivity (Wildman–Crippen MR) is 108 cm³/mol. The first-order chi connectivity index (χ1) is 13.0. The monoisotopic (exact) mass is 384 g/mol. The molecule has 0 bridgehead atoms. The van der Waals surface area contributed by atoms with E-state index in [9.17, 15) is 14.4 Å². The van der Waals surface area contributed by atoms with Gasteiger partial charge in [-0.3, -0.25) is 14.4 Å². The molecule has 6 heteroatoms. The summed E-state index contributed by atoms with van der Waals surface area (Å²) < 4.78 is 6.90. The van der Waals surface area contributed by atoms with E-state index in [0.717, 1.165) is 17.0 Å². The van der Waals surface area contributed by atoms with Crippen LogP contribution in [0.5, 0.6) is 0 Å². The van der Waals surface area contributed by atoms with Crippen molar-refractivity contribution < 1.29 is 19.1 Å². The molecule has 0 spiro atoms. The zero-order chi connectivity index (χ0) is 21.1. The third-order valence-corrected chi connectivity index (χ3v) is 4.85. The second kappa shape index (κ2) is 8.42. The number of nitrogens with zero attached hydrogens (tertiary/aromatic N) is 1. The molecule has 0 aliphatic heterocycles. The van der Waals surface area contributed by atoms with Crippen molar-refractivity contribution in [2.75, 3.05) is 13.2 Å². The summed E-state index contributed by atoms with van der Waals surface area (Å²) in [6.45, 7) is 9.39. The maximum atomic E-state index is 12.2. The topological polar surface area (TPSA) is 77.4 Å². The van der Waals surface area contributed by atoms with Crippen LogP contribution in [0.3, 0.4) is 0 Å². The molecule has 0 aliphatic carbocycles. The maximum absolute atomic E-state index is 12.2. The molecule has 0 aliphatic rings. The van der Waals surface area contributed by atoms with Gasteiger partial charge < -0.3 is 14.6 Å². The highest BCUT2D eigenvalue weighted by Crippen LogP contribution is 2.22. The summed E-state index contributed by atoms with van der Waals surface area (Å²) in [6.07, 6.45) is 0. The van der Waals surface area contributed by atoms with Crippen molar-refractivity contribution in [2.24, 2.45) is 7.05 Å². The van der Waals surface area contributed by atoms with E-state index in [4.69, 9.17) is 4.74 Å².